The number of hydrogen-bond donors (Lipinski definition) is 5. The van der Waals surface area contributed by atoms with Gasteiger partial charge in [0.2, 0.25) is 0 Å². The fourth-order valence-electron chi connectivity index (χ4n) is 9.16. The van der Waals surface area contributed by atoms with E-state index in [2.05, 4.69) is 40.7 Å². The van der Waals surface area contributed by atoms with E-state index in [0.29, 0.717) is 43.4 Å². The number of nitrogens with one attached hydrogen (secondary N) is 2. The molecule has 3 heterocycles. The predicted octanol–water partition coefficient (Wildman–Crippen LogP) is 5.39. The fourth-order valence-corrected chi connectivity index (χ4v) is 9.16. The number of esters is 1. The molecule has 0 amide bonds. The molecule has 1 fully saturated rings. The summed E-state index contributed by atoms with van der Waals surface area (Å²) in [6.07, 6.45) is 7.92. The maximum absolute atomic E-state index is 12.3. The van der Waals surface area contributed by atoms with E-state index in [9.17, 15) is 15.0 Å². The summed E-state index contributed by atoms with van der Waals surface area (Å²) in [4.78, 5) is 12.3. The van der Waals surface area contributed by atoms with Crippen LogP contribution < -0.4 is 30.6 Å². The SMILES string of the molecule is CNCCOc1cc2c(cc1O)CC#CC1=C(C=CC(N)N1)C[C@H]1CC[C@]3(Cc4cc(O)cc(OC)c4-c4ccc5c(c43)O[C@H]2[C@H]5COC(C)=O)C1. The molecule has 2 aliphatic carbocycles. The highest BCUT2D eigenvalue weighted by atomic mass is 16.5. The second-order valence-corrected chi connectivity index (χ2v) is 14.7. The second kappa shape index (κ2) is 13.5. The van der Waals surface area contributed by atoms with E-state index in [1.807, 2.05) is 25.3 Å². The summed E-state index contributed by atoms with van der Waals surface area (Å²) in [6.45, 7) is 2.49. The first-order valence-electron chi connectivity index (χ1n) is 18.1. The number of aromatic hydroxyl groups is 2. The summed E-state index contributed by atoms with van der Waals surface area (Å²) >= 11 is 0. The van der Waals surface area contributed by atoms with Crippen LogP contribution in [0.2, 0.25) is 0 Å². The molecule has 6 N–H and O–H groups in total. The lowest BCUT2D eigenvalue weighted by Gasteiger charge is -2.39. The van der Waals surface area contributed by atoms with Gasteiger partial charge in [0.25, 0.3) is 0 Å². The minimum Gasteiger partial charge on any atom is -0.508 e. The summed E-state index contributed by atoms with van der Waals surface area (Å²) in [5, 5.41) is 28.5. The number of carbonyl (C=O) groups excluding carboxylic acids is 1. The van der Waals surface area contributed by atoms with Gasteiger partial charge in [-0.15, -0.1) is 0 Å². The Kier molecular flexibility index (Phi) is 8.80. The molecule has 0 radical (unpaired) electrons. The monoisotopic (exact) mass is 703 g/mol. The Morgan fingerprint density at radius 2 is 2.02 bits per heavy atom. The summed E-state index contributed by atoms with van der Waals surface area (Å²) in [6, 6.07) is 11.4. The Bertz CT molecular complexity index is 2080. The zero-order valence-corrected chi connectivity index (χ0v) is 29.8. The van der Waals surface area contributed by atoms with Crippen molar-refractivity contribution >= 4 is 5.97 Å². The molecule has 3 aliphatic heterocycles. The molecular formula is C42H45N3O7. The molecule has 0 saturated heterocycles. The van der Waals surface area contributed by atoms with Crippen molar-refractivity contribution in [3.05, 3.63) is 87.6 Å². The van der Waals surface area contributed by atoms with Crippen LogP contribution in [-0.2, 0) is 27.8 Å². The highest BCUT2D eigenvalue weighted by Gasteiger charge is 2.51. The lowest BCUT2D eigenvalue weighted by atomic mass is 9.65. The van der Waals surface area contributed by atoms with Crippen LogP contribution in [-0.4, -0.2) is 56.3 Å². The summed E-state index contributed by atoms with van der Waals surface area (Å²) in [5.41, 5.74) is 14.7. The minimum atomic E-state index is -0.564. The number of carbonyl (C=O) groups is 1. The Morgan fingerprint density at radius 3 is 2.83 bits per heavy atom. The molecule has 0 aromatic heterocycles. The van der Waals surface area contributed by atoms with Gasteiger partial charge in [-0.1, -0.05) is 24.1 Å². The molecule has 10 heteroatoms. The first-order valence-corrected chi connectivity index (χ1v) is 18.1. The Labute approximate surface area is 304 Å². The number of rotatable bonds is 7. The van der Waals surface area contributed by atoms with Crippen LogP contribution in [0, 0.1) is 17.8 Å². The Hall–Kier alpha value is -5.11. The van der Waals surface area contributed by atoms with Gasteiger partial charge in [0.1, 0.15) is 36.6 Å². The number of nitrogens with two attached hydrogens (primary N) is 1. The third-order valence-electron chi connectivity index (χ3n) is 11.4. The number of hydrogen-bond acceptors (Lipinski definition) is 10. The third-order valence-corrected chi connectivity index (χ3v) is 11.4. The number of likely N-dealkylation sites (N-methyl/N-ethyl adjacent to an activating group) is 1. The van der Waals surface area contributed by atoms with E-state index in [0.717, 1.165) is 81.6 Å². The van der Waals surface area contributed by atoms with E-state index in [4.69, 9.17) is 24.7 Å². The van der Waals surface area contributed by atoms with Gasteiger partial charge in [-0.3, -0.25) is 4.79 Å². The molecule has 1 unspecified atom stereocenters. The minimum absolute atomic E-state index is 0.0165. The van der Waals surface area contributed by atoms with E-state index < -0.39 is 6.10 Å². The first-order chi connectivity index (χ1) is 25.2. The van der Waals surface area contributed by atoms with Crippen molar-refractivity contribution in [2.75, 3.05) is 33.9 Å². The van der Waals surface area contributed by atoms with Gasteiger partial charge in [0, 0.05) is 53.6 Å². The number of benzene rings is 3. The highest BCUT2D eigenvalue weighted by Crippen LogP contribution is 2.62. The van der Waals surface area contributed by atoms with Crippen molar-refractivity contribution in [1.82, 2.24) is 10.6 Å². The van der Waals surface area contributed by atoms with E-state index in [1.54, 1.807) is 19.2 Å². The number of phenols is 2. The van der Waals surface area contributed by atoms with Crippen LogP contribution in [0.4, 0.5) is 0 Å². The van der Waals surface area contributed by atoms with Crippen molar-refractivity contribution in [2.45, 2.75) is 69.1 Å². The predicted molar refractivity (Wildman–Crippen MR) is 196 cm³/mol. The Balaban J connectivity index is 1.37. The maximum Gasteiger partial charge on any atom is 0.302 e. The molecule has 10 nitrogen and oxygen atoms in total. The van der Waals surface area contributed by atoms with Crippen LogP contribution in [0.15, 0.2) is 59.8 Å². The van der Waals surface area contributed by atoms with Gasteiger partial charge in [0.15, 0.2) is 11.5 Å². The molecule has 52 heavy (non-hydrogen) atoms. The molecule has 1 saturated carbocycles. The lowest BCUT2D eigenvalue weighted by Crippen LogP contribution is -2.37. The largest absolute Gasteiger partial charge is 0.508 e. The smallest absolute Gasteiger partial charge is 0.302 e. The van der Waals surface area contributed by atoms with Gasteiger partial charge >= 0.3 is 5.97 Å². The summed E-state index contributed by atoms with van der Waals surface area (Å²) < 4.78 is 24.9. The van der Waals surface area contributed by atoms with Crippen LogP contribution in [0.25, 0.3) is 11.1 Å². The van der Waals surface area contributed by atoms with Crippen LogP contribution in [0.1, 0.15) is 72.4 Å². The molecular weight excluding hydrogens is 658 g/mol. The molecule has 1 spiro atoms. The molecule has 5 atom stereocenters. The first kappa shape index (κ1) is 34.0. The summed E-state index contributed by atoms with van der Waals surface area (Å²) in [5.74, 6) is 8.37. The zero-order chi connectivity index (χ0) is 36.1. The molecule has 270 valence electrons. The molecule has 4 bridgehead atoms. The average molecular weight is 704 g/mol. The van der Waals surface area contributed by atoms with Crippen molar-refractivity contribution in [1.29, 1.82) is 0 Å². The van der Waals surface area contributed by atoms with Crippen molar-refractivity contribution < 1.29 is 34.0 Å². The lowest BCUT2D eigenvalue weighted by molar-refractivity contribution is -0.141. The number of ether oxygens (including phenoxy) is 4. The van der Waals surface area contributed by atoms with Gasteiger partial charge in [-0.05, 0) is 97.5 Å². The average Bonchev–Trinajstić information content (AvgIpc) is 3.69. The fraction of sp³-hybridized carbons (Fsp3) is 0.405. The normalized spacial score (nSPS) is 24.8. The van der Waals surface area contributed by atoms with Crippen molar-refractivity contribution in [3.63, 3.8) is 0 Å². The van der Waals surface area contributed by atoms with E-state index in [-0.39, 0.29) is 41.6 Å². The van der Waals surface area contributed by atoms with E-state index in [1.165, 1.54) is 6.92 Å². The van der Waals surface area contributed by atoms with Gasteiger partial charge in [-0.25, -0.2) is 0 Å². The second-order valence-electron chi connectivity index (χ2n) is 14.7. The molecule has 8 rings (SSSR count). The maximum atomic E-state index is 12.3. The number of phenolic OH excluding ortho intramolecular Hbond substituents is 2. The van der Waals surface area contributed by atoms with Gasteiger partial charge in [0.05, 0.1) is 24.9 Å². The van der Waals surface area contributed by atoms with Gasteiger partial charge < -0.3 is 45.5 Å². The third kappa shape index (κ3) is 5.92. The highest BCUT2D eigenvalue weighted by molar-refractivity contribution is 5.84. The number of fused-ring (bicyclic) bond motifs is 6. The molecule has 3 aromatic rings. The Morgan fingerprint density at radius 1 is 1.15 bits per heavy atom. The molecule has 5 aliphatic rings. The number of allylic oxidation sites excluding steroid dienone is 3. The topological polar surface area (TPSA) is 145 Å². The number of methoxy groups -OCH3 is 1. The van der Waals surface area contributed by atoms with Crippen LogP contribution in [0.3, 0.4) is 0 Å². The van der Waals surface area contributed by atoms with Gasteiger partial charge in [-0.2, -0.15) is 0 Å². The summed E-state index contributed by atoms with van der Waals surface area (Å²) in [7, 11) is 3.48. The van der Waals surface area contributed by atoms with Crippen LogP contribution >= 0.6 is 0 Å². The number of dihydropyridines is 1. The van der Waals surface area contributed by atoms with Crippen LogP contribution in [0.5, 0.6) is 28.7 Å². The van der Waals surface area contributed by atoms with Crippen molar-refractivity contribution in [2.24, 2.45) is 11.7 Å². The van der Waals surface area contributed by atoms with E-state index >= 15 is 0 Å². The molecule has 3 aromatic carbocycles. The zero-order valence-electron chi connectivity index (χ0n) is 29.8. The standard InChI is InChI=1S/C42H45N3O7/c1-23(46)51-22-32-29-8-9-30-38-27(16-28(47)18-36(38)49-3)21-42-12-11-24(20-42)15-26-7-10-37(43)45-33(26)6-4-5-25-17-34(48)35(50-14-13-44-2)19-31(25)40(32)52-41(29)39(30)42/h7-10,16-19,24,32,37,40,44-45,47-48H,5,11-15,20-22,43H2,1-3H3/t24-,32+,37?,40-,42-/m1/s1. The quantitative estimate of drug-likeness (QED) is 0.123. The van der Waals surface area contributed by atoms with Crippen molar-refractivity contribution in [3.8, 4) is 51.7 Å².